The minimum absolute atomic E-state index is 0.266. The molecule has 0 spiro atoms. The summed E-state index contributed by atoms with van der Waals surface area (Å²) < 4.78 is 27.0. The van der Waals surface area contributed by atoms with Gasteiger partial charge in [0.05, 0.1) is 51.5 Å². The van der Waals surface area contributed by atoms with Gasteiger partial charge in [-0.1, -0.05) is 164 Å². The van der Waals surface area contributed by atoms with Crippen molar-refractivity contribution in [2.45, 2.75) is 50.0 Å². The molecule has 0 saturated heterocycles. The number of nitrogens with one attached hydrogen (secondary N) is 1. The molecule has 6 aromatic carbocycles. The fraction of sp³-hybridized carbons (Fsp3) is 0.212. The second kappa shape index (κ2) is 18.8. The SMILES string of the molecule is COc1ccc(C(Nc2nc(OCc3ccccc3)c3ncn(C4CC(OCc5ccccc5)C(COCc5ccccc5)[C@@H]4O)c3n2)(c2ccccc2)c2ccccc2)cc1. The number of imidazole rings is 1. The molecule has 8 aromatic rings. The topological polar surface area (TPSA) is 113 Å². The number of rotatable bonds is 17. The molecule has 1 saturated carbocycles. The number of aliphatic hydroxyl groups is 1. The van der Waals surface area contributed by atoms with E-state index in [0.717, 1.165) is 39.1 Å². The first-order chi connectivity index (χ1) is 30.6. The lowest BCUT2D eigenvalue weighted by atomic mass is 9.77. The summed E-state index contributed by atoms with van der Waals surface area (Å²) in [6.07, 6.45) is 1.10. The summed E-state index contributed by atoms with van der Waals surface area (Å²) in [6, 6.07) is 58.3. The molecule has 10 heteroatoms. The first kappa shape index (κ1) is 40.6. The van der Waals surface area contributed by atoms with Gasteiger partial charge in [0.15, 0.2) is 11.2 Å². The van der Waals surface area contributed by atoms with Crippen LogP contribution in [0.3, 0.4) is 0 Å². The first-order valence-electron chi connectivity index (χ1n) is 21.0. The Bertz CT molecular complexity index is 2590. The molecule has 0 radical (unpaired) electrons. The van der Waals surface area contributed by atoms with Gasteiger partial charge in [-0.15, -0.1) is 0 Å². The van der Waals surface area contributed by atoms with Gasteiger partial charge in [0, 0.05) is 5.92 Å². The Morgan fingerprint density at radius 3 is 1.76 bits per heavy atom. The maximum atomic E-state index is 12.3. The minimum Gasteiger partial charge on any atom is -0.497 e. The third kappa shape index (κ3) is 8.67. The second-order valence-electron chi connectivity index (χ2n) is 15.6. The van der Waals surface area contributed by atoms with E-state index >= 15 is 0 Å². The minimum atomic E-state index is -0.964. The standard InChI is InChI=1S/C52H49N5O5/c1-59-43-29-27-42(28-30-43)52(40-23-13-5-14-24-40,41-25-15-6-16-26-41)56-51-54-49-47(50(55-51)62-34-39-21-11-4-12-22-39)53-36-57(49)45-31-46(61-33-38-19-9-3-10-20-38)44(48(45)58)35-60-32-37-17-7-2-8-18-37/h2-30,36,44-46,48,58H,31-35H2,1H3,(H,54,55,56)/t44?,45?,46?,48-/m0/s1. The van der Waals surface area contributed by atoms with E-state index in [-0.39, 0.29) is 18.6 Å². The Morgan fingerprint density at radius 1 is 0.645 bits per heavy atom. The van der Waals surface area contributed by atoms with Gasteiger partial charge in [-0.2, -0.15) is 9.97 Å². The number of nitrogens with zero attached hydrogens (tertiary/aromatic N) is 4. The summed E-state index contributed by atoms with van der Waals surface area (Å²) in [7, 11) is 1.66. The summed E-state index contributed by atoms with van der Waals surface area (Å²) in [4.78, 5) is 15.2. The number of hydrogen-bond acceptors (Lipinski definition) is 9. The molecule has 2 heterocycles. The first-order valence-corrected chi connectivity index (χ1v) is 21.0. The average Bonchev–Trinajstić information content (AvgIpc) is 3.90. The number of aromatic nitrogens is 4. The van der Waals surface area contributed by atoms with Crippen molar-refractivity contribution >= 4 is 17.1 Å². The molecule has 2 N–H and O–H groups in total. The number of benzene rings is 6. The van der Waals surface area contributed by atoms with Gasteiger partial charge in [-0.25, -0.2) is 4.98 Å². The van der Waals surface area contributed by atoms with E-state index in [1.54, 1.807) is 13.4 Å². The number of fused-ring (bicyclic) bond motifs is 1. The lowest BCUT2D eigenvalue weighted by Gasteiger charge is -2.37. The maximum absolute atomic E-state index is 12.3. The molecule has 1 fully saturated rings. The number of hydrogen-bond donors (Lipinski definition) is 2. The predicted molar refractivity (Wildman–Crippen MR) is 240 cm³/mol. The quantitative estimate of drug-likeness (QED) is 0.0868. The molecule has 3 unspecified atom stereocenters. The van der Waals surface area contributed by atoms with Gasteiger partial charge in [-0.05, 0) is 51.9 Å². The molecule has 0 bridgehead atoms. The van der Waals surface area contributed by atoms with Crippen molar-refractivity contribution < 1.29 is 24.1 Å². The van der Waals surface area contributed by atoms with Gasteiger partial charge >= 0.3 is 0 Å². The molecule has 9 rings (SSSR count). The Labute approximate surface area is 361 Å². The van der Waals surface area contributed by atoms with Crippen LogP contribution in [0.5, 0.6) is 11.6 Å². The Kier molecular flexibility index (Phi) is 12.3. The van der Waals surface area contributed by atoms with Crippen LogP contribution in [-0.4, -0.2) is 50.6 Å². The van der Waals surface area contributed by atoms with Crippen LogP contribution < -0.4 is 14.8 Å². The molecule has 62 heavy (non-hydrogen) atoms. The van der Waals surface area contributed by atoms with Crippen molar-refractivity contribution in [1.29, 1.82) is 0 Å². The largest absolute Gasteiger partial charge is 0.497 e. The molecular weight excluding hydrogens is 775 g/mol. The van der Waals surface area contributed by atoms with Gasteiger partial charge in [-0.3, -0.25) is 0 Å². The van der Waals surface area contributed by atoms with Crippen LogP contribution in [0, 0.1) is 5.92 Å². The highest BCUT2D eigenvalue weighted by atomic mass is 16.5. The zero-order valence-corrected chi connectivity index (χ0v) is 34.5. The van der Waals surface area contributed by atoms with Crippen LogP contribution in [0.1, 0.15) is 45.8 Å². The summed E-state index contributed by atoms with van der Waals surface area (Å²) in [6.45, 7) is 1.41. The van der Waals surface area contributed by atoms with Gasteiger partial charge in [0.25, 0.3) is 0 Å². The van der Waals surface area contributed by atoms with E-state index < -0.39 is 17.7 Å². The normalized spacial score (nSPS) is 17.5. The molecule has 4 atom stereocenters. The van der Waals surface area contributed by atoms with Crippen LogP contribution >= 0.6 is 0 Å². The van der Waals surface area contributed by atoms with Crippen molar-refractivity contribution in [2.24, 2.45) is 5.92 Å². The van der Waals surface area contributed by atoms with Crippen LogP contribution in [-0.2, 0) is 34.8 Å². The van der Waals surface area contributed by atoms with Crippen molar-refractivity contribution in [2.75, 3.05) is 19.0 Å². The van der Waals surface area contributed by atoms with Crippen LogP contribution in [0.2, 0.25) is 0 Å². The average molecular weight is 824 g/mol. The number of ether oxygens (including phenoxy) is 4. The van der Waals surface area contributed by atoms with E-state index in [4.69, 9.17) is 33.9 Å². The zero-order valence-electron chi connectivity index (χ0n) is 34.5. The summed E-state index contributed by atoms with van der Waals surface area (Å²) in [5.41, 5.74) is 6.05. The Hall–Kier alpha value is -6.85. The zero-order chi connectivity index (χ0) is 42.1. The fourth-order valence-electron chi connectivity index (χ4n) is 8.52. The fourth-order valence-corrected chi connectivity index (χ4v) is 8.52. The van der Waals surface area contributed by atoms with Crippen LogP contribution in [0.4, 0.5) is 5.95 Å². The highest BCUT2D eigenvalue weighted by Gasteiger charge is 2.45. The van der Waals surface area contributed by atoms with Gasteiger partial charge < -0.3 is 33.9 Å². The third-order valence-corrected chi connectivity index (χ3v) is 11.7. The van der Waals surface area contributed by atoms with Crippen LogP contribution in [0.25, 0.3) is 11.2 Å². The Morgan fingerprint density at radius 2 is 1.18 bits per heavy atom. The van der Waals surface area contributed by atoms with E-state index in [2.05, 4.69) is 41.7 Å². The van der Waals surface area contributed by atoms with Crippen molar-refractivity contribution in [3.63, 3.8) is 0 Å². The molecule has 10 nitrogen and oxygen atoms in total. The summed E-state index contributed by atoms with van der Waals surface area (Å²) >= 11 is 0. The maximum Gasteiger partial charge on any atom is 0.247 e. The van der Waals surface area contributed by atoms with Gasteiger partial charge in [0.2, 0.25) is 11.8 Å². The van der Waals surface area contributed by atoms with E-state index in [1.807, 2.05) is 144 Å². The number of methoxy groups -OCH3 is 1. The lowest BCUT2D eigenvalue weighted by Crippen LogP contribution is -2.38. The van der Waals surface area contributed by atoms with E-state index in [9.17, 15) is 5.11 Å². The van der Waals surface area contributed by atoms with Crippen molar-refractivity contribution in [1.82, 2.24) is 19.5 Å². The monoisotopic (exact) mass is 823 g/mol. The lowest BCUT2D eigenvalue weighted by molar-refractivity contribution is -0.0475. The predicted octanol–water partition coefficient (Wildman–Crippen LogP) is 9.54. The second-order valence-corrected chi connectivity index (χ2v) is 15.6. The van der Waals surface area contributed by atoms with E-state index in [0.29, 0.717) is 49.2 Å². The molecule has 1 aliphatic carbocycles. The molecule has 0 amide bonds. The molecule has 312 valence electrons. The smallest absolute Gasteiger partial charge is 0.247 e. The molecule has 2 aromatic heterocycles. The summed E-state index contributed by atoms with van der Waals surface area (Å²) in [5, 5.41) is 16.1. The van der Waals surface area contributed by atoms with Crippen molar-refractivity contribution in [3.05, 3.63) is 216 Å². The number of anilines is 1. The van der Waals surface area contributed by atoms with E-state index in [1.165, 1.54) is 0 Å². The summed E-state index contributed by atoms with van der Waals surface area (Å²) in [5.74, 6) is 1.05. The molecule has 0 aliphatic heterocycles. The molecular formula is C52H49N5O5. The van der Waals surface area contributed by atoms with Crippen molar-refractivity contribution in [3.8, 4) is 11.6 Å². The molecule has 1 aliphatic rings. The highest BCUT2D eigenvalue weighted by Crippen LogP contribution is 2.43. The third-order valence-electron chi connectivity index (χ3n) is 11.7. The highest BCUT2D eigenvalue weighted by molar-refractivity contribution is 5.78. The number of aliphatic hydroxyl groups excluding tert-OH is 1. The van der Waals surface area contributed by atoms with Crippen LogP contribution in [0.15, 0.2) is 182 Å². The Balaban J connectivity index is 1.13. The van der Waals surface area contributed by atoms with Gasteiger partial charge in [0.1, 0.15) is 17.9 Å².